The maximum atomic E-state index is 12.4. The van der Waals surface area contributed by atoms with E-state index >= 15 is 0 Å². The quantitative estimate of drug-likeness (QED) is 0.808. The second-order valence-electron chi connectivity index (χ2n) is 4.86. The highest BCUT2D eigenvalue weighted by molar-refractivity contribution is 7.99. The predicted molar refractivity (Wildman–Crippen MR) is 88.6 cm³/mol. The third kappa shape index (κ3) is 4.92. The number of thioether (sulfide) groups is 1. The maximum absolute atomic E-state index is 12.4. The van der Waals surface area contributed by atoms with Gasteiger partial charge in [-0.3, -0.25) is 4.79 Å². The summed E-state index contributed by atoms with van der Waals surface area (Å²) in [6.07, 6.45) is 0. The van der Waals surface area contributed by atoms with Crippen LogP contribution in [-0.2, 0) is 4.74 Å². The van der Waals surface area contributed by atoms with Gasteiger partial charge < -0.3 is 20.3 Å². The lowest BCUT2D eigenvalue weighted by atomic mass is 10.1. The third-order valence-electron chi connectivity index (χ3n) is 3.26. The molecule has 120 valence electrons. The van der Waals surface area contributed by atoms with Crippen molar-refractivity contribution in [2.24, 2.45) is 0 Å². The minimum absolute atomic E-state index is 0.0174. The Labute approximate surface area is 134 Å². The van der Waals surface area contributed by atoms with Gasteiger partial charge in [0.2, 0.25) is 0 Å². The molecule has 0 bridgehead atoms. The molecule has 0 aliphatic carbocycles. The Balaban J connectivity index is 1.94. The molecule has 0 radical (unpaired) electrons. The number of carbonyl (C=O) groups excluding carboxylic acids is 2. The normalized spacial score (nSPS) is 14.5. The molecule has 1 heterocycles. The van der Waals surface area contributed by atoms with Crippen LogP contribution >= 0.6 is 11.8 Å². The van der Waals surface area contributed by atoms with E-state index in [0.29, 0.717) is 24.4 Å². The Kier molecular flexibility index (Phi) is 6.54. The van der Waals surface area contributed by atoms with Crippen LogP contribution in [-0.4, -0.2) is 61.7 Å². The van der Waals surface area contributed by atoms with Crippen LogP contribution in [0.25, 0.3) is 0 Å². The maximum Gasteiger partial charge on any atom is 0.319 e. The minimum atomic E-state index is -0.309. The van der Waals surface area contributed by atoms with Crippen molar-refractivity contribution >= 4 is 29.4 Å². The van der Waals surface area contributed by atoms with Crippen LogP contribution in [0.15, 0.2) is 24.3 Å². The molecule has 22 heavy (non-hydrogen) atoms. The number of methoxy groups -OCH3 is 1. The van der Waals surface area contributed by atoms with E-state index in [1.54, 1.807) is 31.4 Å². The largest absolute Gasteiger partial charge is 0.383 e. The molecule has 7 heteroatoms. The Morgan fingerprint density at radius 1 is 1.32 bits per heavy atom. The van der Waals surface area contributed by atoms with Crippen molar-refractivity contribution in [1.29, 1.82) is 0 Å². The van der Waals surface area contributed by atoms with Gasteiger partial charge in [0.15, 0.2) is 0 Å². The molecular weight excluding hydrogens is 302 g/mol. The van der Waals surface area contributed by atoms with Gasteiger partial charge in [0, 0.05) is 49.5 Å². The molecule has 1 aromatic rings. The molecule has 2 N–H and O–H groups in total. The molecule has 3 amide bonds. The molecule has 0 saturated carbocycles. The number of ether oxygens (including phenoxy) is 1. The first-order valence-corrected chi connectivity index (χ1v) is 8.37. The highest BCUT2D eigenvalue weighted by Gasteiger charge is 2.18. The first-order valence-electron chi connectivity index (χ1n) is 7.21. The number of benzene rings is 1. The molecule has 0 aromatic heterocycles. The summed E-state index contributed by atoms with van der Waals surface area (Å²) in [4.78, 5) is 26.0. The van der Waals surface area contributed by atoms with E-state index in [-0.39, 0.29) is 11.9 Å². The zero-order valence-corrected chi connectivity index (χ0v) is 13.4. The number of hydrogen-bond acceptors (Lipinski definition) is 4. The van der Waals surface area contributed by atoms with Crippen molar-refractivity contribution in [3.05, 3.63) is 29.8 Å². The van der Waals surface area contributed by atoms with Gasteiger partial charge in [-0.05, 0) is 18.2 Å². The molecule has 1 aliphatic heterocycles. The van der Waals surface area contributed by atoms with E-state index < -0.39 is 0 Å². The first-order chi connectivity index (χ1) is 10.7. The highest BCUT2D eigenvalue weighted by Crippen LogP contribution is 2.16. The number of amides is 3. The van der Waals surface area contributed by atoms with Gasteiger partial charge in [0.25, 0.3) is 5.91 Å². The third-order valence-corrected chi connectivity index (χ3v) is 4.20. The summed E-state index contributed by atoms with van der Waals surface area (Å²) in [6.45, 7) is 2.45. The number of rotatable bonds is 5. The molecule has 2 rings (SSSR count). The van der Waals surface area contributed by atoms with E-state index in [9.17, 15) is 9.59 Å². The SMILES string of the molecule is COCCNC(=O)Nc1cccc(C(=O)N2CCSCC2)c1. The second-order valence-corrected chi connectivity index (χ2v) is 6.08. The van der Waals surface area contributed by atoms with Crippen LogP contribution in [0.4, 0.5) is 10.5 Å². The minimum Gasteiger partial charge on any atom is -0.383 e. The van der Waals surface area contributed by atoms with Crippen molar-refractivity contribution in [2.75, 3.05) is 50.2 Å². The predicted octanol–water partition coefficient (Wildman–Crippen LogP) is 1.64. The Bertz CT molecular complexity index is 519. The highest BCUT2D eigenvalue weighted by atomic mass is 32.2. The van der Waals surface area contributed by atoms with Crippen LogP contribution < -0.4 is 10.6 Å². The zero-order valence-electron chi connectivity index (χ0n) is 12.6. The number of hydrogen-bond donors (Lipinski definition) is 2. The number of nitrogens with one attached hydrogen (secondary N) is 2. The monoisotopic (exact) mass is 323 g/mol. The lowest BCUT2D eigenvalue weighted by Crippen LogP contribution is -2.38. The molecule has 1 fully saturated rings. The lowest BCUT2D eigenvalue weighted by molar-refractivity contribution is 0.0772. The molecule has 0 spiro atoms. The summed E-state index contributed by atoms with van der Waals surface area (Å²) in [5, 5.41) is 5.39. The molecule has 6 nitrogen and oxygen atoms in total. The van der Waals surface area contributed by atoms with Crippen LogP contribution in [0.5, 0.6) is 0 Å². The van der Waals surface area contributed by atoms with Gasteiger partial charge in [-0.25, -0.2) is 4.79 Å². The Morgan fingerprint density at radius 3 is 2.82 bits per heavy atom. The van der Waals surface area contributed by atoms with Gasteiger partial charge >= 0.3 is 6.03 Å². The van der Waals surface area contributed by atoms with Crippen molar-refractivity contribution in [3.8, 4) is 0 Å². The standard InChI is InChI=1S/C15H21N3O3S/c1-21-8-5-16-15(20)17-13-4-2-3-12(11-13)14(19)18-6-9-22-10-7-18/h2-4,11H,5-10H2,1H3,(H2,16,17,20). The van der Waals surface area contributed by atoms with E-state index in [0.717, 1.165) is 24.6 Å². The second kappa shape index (κ2) is 8.65. The Morgan fingerprint density at radius 2 is 2.09 bits per heavy atom. The van der Waals surface area contributed by atoms with Crippen LogP contribution in [0.1, 0.15) is 10.4 Å². The average Bonchev–Trinajstić information content (AvgIpc) is 2.55. The summed E-state index contributed by atoms with van der Waals surface area (Å²) >= 11 is 1.86. The molecule has 0 unspecified atom stereocenters. The summed E-state index contributed by atoms with van der Waals surface area (Å²) in [5.41, 5.74) is 1.20. The van der Waals surface area contributed by atoms with Crippen LogP contribution in [0.2, 0.25) is 0 Å². The van der Waals surface area contributed by atoms with Crippen molar-refractivity contribution < 1.29 is 14.3 Å². The number of urea groups is 1. The summed E-state index contributed by atoms with van der Waals surface area (Å²) in [6, 6.07) is 6.71. The fourth-order valence-electron chi connectivity index (χ4n) is 2.12. The fourth-order valence-corrected chi connectivity index (χ4v) is 3.02. The van der Waals surface area contributed by atoms with E-state index in [1.807, 2.05) is 16.7 Å². The van der Waals surface area contributed by atoms with E-state index in [1.165, 1.54) is 0 Å². The van der Waals surface area contributed by atoms with Gasteiger partial charge in [-0.15, -0.1) is 0 Å². The zero-order chi connectivity index (χ0) is 15.8. The smallest absolute Gasteiger partial charge is 0.319 e. The topological polar surface area (TPSA) is 70.7 Å². The number of carbonyl (C=O) groups is 2. The Hall–Kier alpha value is -1.73. The van der Waals surface area contributed by atoms with Gasteiger partial charge in [0.05, 0.1) is 6.61 Å². The van der Waals surface area contributed by atoms with Crippen molar-refractivity contribution in [2.45, 2.75) is 0 Å². The summed E-state index contributed by atoms with van der Waals surface area (Å²) in [5.74, 6) is 1.97. The molecule has 1 aromatic carbocycles. The average molecular weight is 323 g/mol. The van der Waals surface area contributed by atoms with E-state index in [4.69, 9.17) is 4.74 Å². The van der Waals surface area contributed by atoms with E-state index in [2.05, 4.69) is 10.6 Å². The first kappa shape index (κ1) is 16.6. The molecular formula is C15H21N3O3S. The van der Waals surface area contributed by atoms with Crippen molar-refractivity contribution in [3.63, 3.8) is 0 Å². The van der Waals surface area contributed by atoms with Crippen LogP contribution in [0, 0.1) is 0 Å². The summed E-state index contributed by atoms with van der Waals surface area (Å²) < 4.78 is 4.87. The van der Waals surface area contributed by atoms with Crippen LogP contribution in [0.3, 0.4) is 0 Å². The molecule has 0 atom stereocenters. The molecule has 1 saturated heterocycles. The fraction of sp³-hybridized carbons (Fsp3) is 0.467. The van der Waals surface area contributed by atoms with Gasteiger partial charge in [0.1, 0.15) is 0 Å². The molecule has 1 aliphatic rings. The number of nitrogens with zero attached hydrogens (tertiary/aromatic N) is 1. The van der Waals surface area contributed by atoms with Crippen molar-refractivity contribution in [1.82, 2.24) is 10.2 Å². The van der Waals surface area contributed by atoms with Gasteiger partial charge in [-0.2, -0.15) is 11.8 Å². The number of anilines is 1. The summed E-state index contributed by atoms with van der Waals surface area (Å²) in [7, 11) is 1.58. The van der Waals surface area contributed by atoms with Gasteiger partial charge in [-0.1, -0.05) is 6.07 Å². The lowest BCUT2D eigenvalue weighted by Gasteiger charge is -2.26.